The van der Waals surface area contributed by atoms with Crippen LogP contribution >= 0.6 is 0 Å². The van der Waals surface area contributed by atoms with Crippen molar-refractivity contribution >= 4 is 22.8 Å². The molecule has 2 atom stereocenters. The van der Waals surface area contributed by atoms with Gasteiger partial charge in [-0.25, -0.2) is 4.98 Å². The van der Waals surface area contributed by atoms with Gasteiger partial charge in [-0.3, -0.25) is 0 Å². The number of aromatic nitrogens is 3. The summed E-state index contributed by atoms with van der Waals surface area (Å²) < 4.78 is 17.3. The van der Waals surface area contributed by atoms with Crippen molar-refractivity contribution in [2.75, 3.05) is 62.8 Å². The molecule has 43 heavy (non-hydrogen) atoms. The summed E-state index contributed by atoms with van der Waals surface area (Å²) in [6, 6.07) is 21.1. The fraction of sp³-hybridized carbons (Fsp3) is 0.441. The Morgan fingerprint density at radius 2 is 1.70 bits per heavy atom. The average Bonchev–Trinajstić information content (AvgIpc) is 3.04. The topological polar surface area (TPSA) is 84.9 Å². The van der Waals surface area contributed by atoms with Gasteiger partial charge in [-0.05, 0) is 69.1 Å². The molecular formula is C34H42N6O3. The van der Waals surface area contributed by atoms with E-state index in [-0.39, 0.29) is 12.2 Å². The number of nitrogens with zero attached hydrogens (tertiary/aromatic N) is 5. The molecule has 2 aliphatic heterocycles. The molecule has 2 aliphatic rings. The van der Waals surface area contributed by atoms with Gasteiger partial charge in [0.25, 0.3) is 0 Å². The molecule has 0 bridgehead atoms. The van der Waals surface area contributed by atoms with Crippen LogP contribution in [0.3, 0.4) is 0 Å². The molecule has 2 saturated heterocycles. The highest BCUT2D eigenvalue weighted by Crippen LogP contribution is 2.31. The molecule has 0 aliphatic carbocycles. The number of rotatable bonds is 10. The summed E-state index contributed by atoms with van der Waals surface area (Å²) in [5.41, 5.74) is 5.09. The van der Waals surface area contributed by atoms with Crippen LogP contribution in [0.15, 0.2) is 60.7 Å². The zero-order chi connectivity index (χ0) is 29.6. The van der Waals surface area contributed by atoms with E-state index >= 15 is 0 Å². The molecule has 226 valence electrons. The maximum absolute atomic E-state index is 5.99. The molecule has 0 amide bonds. The Morgan fingerprint density at radius 3 is 2.47 bits per heavy atom. The highest BCUT2D eigenvalue weighted by Gasteiger charge is 2.27. The number of methoxy groups -OCH3 is 1. The molecule has 2 aromatic heterocycles. The quantitative estimate of drug-likeness (QED) is 0.263. The number of ether oxygens (including phenoxy) is 3. The van der Waals surface area contributed by atoms with Gasteiger partial charge < -0.3 is 29.3 Å². The summed E-state index contributed by atoms with van der Waals surface area (Å²) in [4.78, 5) is 19.7. The van der Waals surface area contributed by atoms with Crippen LogP contribution < -0.4 is 19.9 Å². The Hall–Kier alpha value is -3.79. The van der Waals surface area contributed by atoms with Gasteiger partial charge in [0, 0.05) is 43.9 Å². The lowest BCUT2D eigenvalue weighted by molar-refractivity contribution is -0.00570. The van der Waals surface area contributed by atoms with Crippen molar-refractivity contribution in [3.8, 4) is 17.0 Å². The van der Waals surface area contributed by atoms with Crippen molar-refractivity contribution in [2.24, 2.45) is 0 Å². The van der Waals surface area contributed by atoms with Gasteiger partial charge >= 0.3 is 0 Å². The van der Waals surface area contributed by atoms with Crippen LogP contribution in [0, 0.1) is 0 Å². The van der Waals surface area contributed by atoms with E-state index in [1.807, 2.05) is 6.07 Å². The number of pyridine rings is 1. The Bertz CT molecular complexity index is 1500. The summed E-state index contributed by atoms with van der Waals surface area (Å²) in [6.45, 7) is 10.3. The third kappa shape index (κ3) is 7.06. The summed E-state index contributed by atoms with van der Waals surface area (Å²) in [6.07, 6.45) is 2.36. The van der Waals surface area contributed by atoms with Crippen LogP contribution in [-0.4, -0.2) is 80.2 Å². The first-order valence-electron chi connectivity index (χ1n) is 15.4. The highest BCUT2D eigenvalue weighted by molar-refractivity contribution is 5.90. The van der Waals surface area contributed by atoms with Gasteiger partial charge in [0.15, 0.2) is 5.65 Å². The largest absolute Gasteiger partial charge is 0.496 e. The second kappa shape index (κ2) is 13.7. The van der Waals surface area contributed by atoms with Crippen LogP contribution in [0.25, 0.3) is 22.3 Å². The fourth-order valence-corrected chi connectivity index (χ4v) is 6.00. The van der Waals surface area contributed by atoms with Gasteiger partial charge in [-0.15, -0.1) is 0 Å². The summed E-state index contributed by atoms with van der Waals surface area (Å²) in [5.74, 6) is 2.50. The SMILES string of the molecule is COc1ccc(-c2ccc3c(N4CCOCC4)nc(N4C[C@@H](C)O[C@@H](C)C4)nc3n2)cc1CNCCCc1ccccc1. The molecule has 1 N–H and O–H groups in total. The number of morpholine rings is 2. The monoisotopic (exact) mass is 582 g/mol. The van der Waals surface area contributed by atoms with Crippen LogP contribution in [0.5, 0.6) is 5.75 Å². The average molecular weight is 583 g/mol. The molecule has 4 heterocycles. The first kappa shape index (κ1) is 29.3. The van der Waals surface area contributed by atoms with E-state index in [0.29, 0.717) is 24.8 Å². The van der Waals surface area contributed by atoms with Crippen LogP contribution in [0.4, 0.5) is 11.8 Å². The van der Waals surface area contributed by atoms with E-state index in [9.17, 15) is 0 Å². The minimum absolute atomic E-state index is 0.110. The Labute approximate surface area is 254 Å². The molecule has 6 rings (SSSR count). The molecule has 0 radical (unpaired) electrons. The van der Waals surface area contributed by atoms with Crippen molar-refractivity contribution in [2.45, 2.75) is 45.4 Å². The number of nitrogens with one attached hydrogen (secondary N) is 1. The molecule has 0 spiro atoms. The molecule has 0 unspecified atom stereocenters. The smallest absolute Gasteiger partial charge is 0.229 e. The second-order valence-electron chi connectivity index (χ2n) is 11.5. The Morgan fingerprint density at radius 1 is 0.907 bits per heavy atom. The third-order valence-electron chi connectivity index (χ3n) is 8.09. The lowest BCUT2D eigenvalue weighted by atomic mass is 10.1. The predicted molar refractivity (Wildman–Crippen MR) is 171 cm³/mol. The summed E-state index contributed by atoms with van der Waals surface area (Å²) >= 11 is 0. The van der Waals surface area contributed by atoms with Crippen molar-refractivity contribution in [3.63, 3.8) is 0 Å². The van der Waals surface area contributed by atoms with Crippen LogP contribution in [-0.2, 0) is 22.4 Å². The minimum atomic E-state index is 0.110. The number of hydrogen-bond donors (Lipinski definition) is 1. The molecule has 0 saturated carbocycles. The first-order chi connectivity index (χ1) is 21.1. The number of anilines is 2. The van der Waals surface area contributed by atoms with Crippen molar-refractivity contribution in [3.05, 3.63) is 71.8 Å². The number of aryl methyl sites for hydroxylation is 1. The molecular weight excluding hydrogens is 540 g/mol. The van der Waals surface area contributed by atoms with Gasteiger partial charge in [-0.2, -0.15) is 9.97 Å². The molecule has 2 fully saturated rings. The molecule has 9 heteroatoms. The van der Waals surface area contributed by atoms with Gasteiger partial charge in [0.2, 0.25) is 5.95 Å². The van der Waals surface area contributed by atoms with E-state index in [4.69, 9.17) is 29.2 Å². The lowest BCUT2D eigenvalue weighted by Crippen LogP contribution is -2.46. The highest BCUT2D eigenvalue weighted by atomic mass is 16.5. The normalized spacial score (nSPS) is 19.1. The zero-order valence-electron chi connectivity index (χ0n) is 25.5. The number of fused-ring (bicyclic) bond motifs is 1. The molecule has 4 aromatic rings. The van der Waals surface area contributed by atoms with Crippen molar-refractivity contribution in [1.82, 2.24) is 20.3 Å². The second-order valence-corrected chi connectivity index (χ2v) is 11.5. The van der Waals surface area contributed by atoms with Crippen molar-refractivity contribution in [1.29, 1.82) is 0 Å². The van der Waals surface area contributed by atoms with Crippen LogP contribution in [0.2, 0.25) is 0 Å². The lowest BCUT2D eigenvalue weighted by Gasteiger charge is -2.36. The van der Waals surface area contributed by atoms with Crippen molar-refractivity contribution < 1.29 is 14.2 Å². The summed E-state index contributed by atoms with van der Waals surface area (Å²) in [7, 11) is 1.72. The molecule has 9 nitrogen and oxygen atoms in total. The fourth-order valence-electron chi connectivity index (χ4n) is 6.00. The Kier molecular flexibility index (Phi) is 9.31. The maximum atomic E-state index is 5.99. The van der Waals surface area contributed by atoms with E-state index < -0.39 is 0 Å². The summed E-state index contributed by atoms with van der Waals surface area (Å²) in [5, 5.41) is 4.55. The standard InChI is InChI=1S/C34H42N6O3/c1-24-22-40(23-25(2)43-24)34-37-32-29(33(38-34)39-16-18-42-19-17-39)12-13-30(36-32)27-11-14-31(41-3)28(20-27)21-35-15-7-10-26-8-5-4-6-9-26/h4-6,8-9,11-14,20,24-25,35H,7,10,15-19,21-23H2,1-3H3/t24-,25+. The third-order valence-corrected chi connectivity index (χ3v) is 8.09. The Balaban J connectivity index is 1.26. The van der Waals surface area contributed by atoms with E-state index in [2.05, 4.69) is 83.6 Å². The van der Waals surface area contributed by atoms with E-state index in [1.165, 1.54) is 5.56 Å². The van der Waals surface area contributed by atoms with Crippen LogP contribution in [0.1, 0.15) is 31.4 Å². The van der Waals surface area contributed by atoms with Gasteiger partial charge in [0.1, 0.15) is 11.6 Å². The van der Waals surface area contributed by atoms with E-state index in [1.54, 1.807) is 7.11 Å². The molecule has 2 aromatic carbocycles. The van der Waals surface area contributed by atoms with Gasteiger partial charge in [0.05, 0.1) is 43.6 Å². The minimum Gasteiger partial charge on any atom is -0.496 e. The maximum Gasteiger partial charge on any atom is 0.229 e. The number of benzene rings is 2. The first-order valence-corrected chi connectivity index (χ1v) is 15.4. The van der Waals surface area contributed by atoms with Gasteiger partial charge in [-0.1, -0.05) is 30.3 Å². The van der Waals surface area contributed by atoms with E-state index in [0.717, 1.165) is 85.9 Å². The number of hydrogen-bond acceptors (Lipinski definition) is 9. The zero-order valence-corrected chi connectivity index (χ0v) is 25.5. The predicted octanol–water partition coefficient (Wildman–Crippen LogP) is 4.87.